The zero-order valence-electron chi connectivity index (χ0n) is 19.9. The maximum Gasteiger partial charge on any atom is 0.277 e. The zero-order valence-corrected chi connectivity index (χ0v) is 22.4. The van der Waals surface area contributed by atoms with Gasteiger partial charge in [-0.15, -0.1) is 10.2 Å². The molecule has 2 aromatic carbocycles. The molecule has 4 rings (SSSR count). The zero-order chi connectivity index (χ0) is 25.7. The van der Waals surface area contributed by atoms with Crippen LogP contribution in [0, 0.1) is 0 Å². The van der Waals surface area contributed by atoms with Gasteiger partial charge in [0.25, 0.3) is 5.22 Å². The highest BCUT2D eigenvalue weighted by Gasteiger charge is 2.22. The van der Waals surface area contributed by atoms with E-state index in [2.05, 4.69) is 20.5 Å². The van der Waals surface area contributed by atoms with Gasteiger partial charge in [0.1, 0.15) is 5.75 Å². The van der Waals surface area contributed by atoms with E-state index < -0.39 is 10.0 Å². The Labute approximate surface area is 217 Å². The number of hydrogen-bond acceptors (Lipinski definition) is 10. The molecular weight excluding hydrogens is 522 g/mol. The van der Waals surface area contributed by atoms with Crippen molar-refractivity contribution in [3.05, 3.63) is 42.5 Å². The van der Waals surface area contributed by atoms with E-state index in [9.17, 15) is 13.2 Å². The van der Waals surface area contributed by atoms with Gasteiger partial charge in [-0.3, -0.25) is 4.79 Å². The molecule has 1 amide bonds. The summed E-state index contributed by atoms with van der Waals surface area (Å²) >= 11 is 2.46. The number of ether oxygens (including phenoxy) is 1. The Morgan fingerprint density at radius 3 is 2.56 bits per heavy atom. The quantitative estimate of drug-likeness (QED) is 0.270. The highest BCUT2D eigenvalue weighted by atomic mass is 32.2. The molecular formula is C23H25N5O5S3. The fraction of sp³-hybridized carbons (Fsp3) is 0.304. The number of benzene rings is 2. The van der Waals surface area contributed by atoms with Crippen molar-refractivity contribution in [2.45, 2.75) is 30.9 Å². The van der Waals surface area contributed by atoms with E-state index in [-0.39, 0.29) is 27.7 Å². The monoisotopic (exact) mass is 547 g/mol. The molecule has 0 bridgehead atoms. The Kier molecular flexibility index (Phi) is 8.24. The minimum absolute atomic E-state index is 0.0583. The van der Waals surface area contributed by atoms with E-state index in [4.69, 9.17) is 9.15 Å². The summed E-state index contributed by atoms with van der Waals surface area (Å²) < 4.78 is 38.7. The molecule has 10 nitrogen and oxygen atoms in total. The first-order chi connectivity index (χ1) is 17.3. The van der Waals surface area contributed by atoms with Crippen LogP contribution in [0.3, 0.4) is 0 Å². The lowest BCUT2D eigenvalue weighted by Gasteiger charge is -2.18. The normalized spacial score (nSPS) is 11.8. The Bertz CT molecular complexity index is 1450. The van der Waals surface area contributed by atoms with Crippen LogP contribution in [0.15, 0.2) is 57.0 Å². The fourth-order valence-corrected chi connectivity index (χ4v) is 6.30. The van der Waals surface area contributed by atoms with Crippen molar-refractivity contribution in [1.29, 1.82) is 0 Å². The molecule has 36 heavy (non-hydrogen) atoms. The second-order valence-electron chi connectivity index (χ2n) is 7.41. The second kappa shape index (κ2) is 11.4. The van der Waals surface area contributed by atoms with E-state index in [1.54, 1.807) is 26.0 Å². The molecule has 0 unspecified atom stereocenters. The number of fused-ring (bicyclic) bond motifs is 1. The molecule has 2 aromatic heterocycles. The van der Waals surface area contributed by atoms with E-state index >= 15 is 0 Å². The predicted molar refractivity (Wildman–Crippen MR) is 140 cm³/mol. The number of rotatable bonds is 11. The Morgan fingerprint density at radius 1 is 1.11 bits per heavy atom. The minimum Gasteiger partial charge on any atom is -0.494 e. The van der Waals surface area contributed by atoms with E-state index in [0.29, 0.717) is 30.4 Å². The average molecular weight is 548 g/mol. The molecule has 0 saturated heterocycles. The van der Waals surface area contributed by atoms with Crippen LogP contribution in [-0.2, 0) is 14.8 Å². The largest absolute Gasteiger partial charge is 0.494 e. The number of nitrogens with zero attached hydrogens (tertiary/aromatic N) is 4. The van der Waals surface area contributed by atoms with E-state index in [1.807, 2.05) is 25.1 Å². The standard InChI is InChI=1S/C23H25N5O5S3/c1-4-28(5-2)36(30,31)17-10-7-15(8-11-17)21-26-27-23(33-21)34-14-20(29)25-22-24-18-12-9-16(32-6-3)13-19(18)35-22/h7-13H,4-6,14H2,1-3H3,(H,24,25,29). The SMILES string of the molecule is CCOc1ccc2nc(NC(=O)CSc3nnc(-c4ccc(S(=O)(=O)N(CC)CC)cc4)o3)sc2c1. The highest BCUT2D eigenvalue weighted by molar-refractivity contribution is 7.99. The molecule has 4 aromatic rings. The van der Waals surface area contributed by atoms with Crippen LogP contribution >= 0.6 is 23.1 Å². The lowest BCUT2D eigenvalue weighted by atomic mass is 10.2. The number of carbonyl (C=O) groups excluding carboxylic acids is 1. The lowest BCUT2D eigenvalue weighted by molar-refractivity contribution is -0.113. The average Bonchev–Trinajstić information content (AvgIpc) is 3.50. The molecule has 0 atom stereocenters. The van der Waals surface area contributed by atoms with Gasteiger partial charge in [-0.2, -0.15) is 4.31 Å². The van der Waals surface area contributed by atoms with Gasteiger partial charge in [0.05, 0.1) is 27.5 Å². The summed E-state index contributed by atoms with van der Waals surface area (Å²) in [6.07, 6.45) is 0. The van der Waals surface area contributed by atoms with Crippen LogP contribution in [0.1, 0.15) is 20.8 Å². The lowest BCUT2D eigenvalue weighted by Crippen LogP contribution is -2.30. The first kappa shape index (κ1) is 26.1. The summed E-state index contributed by atoms with van der Waals surface area (Å²) in [5.41, 5.74) is 1.36. The van der Waals surface area contributed by atoms with Gasteiger partial charge in [0, 0.05) is 18.7 Å². The smallest absolute Gasteiger partial charge is 0.277 e. The number of hydrogen-bond donors (Lipinski definition) is 1. The molecule has 0 aliphatic rings. The van der Waals surface area contributed by atoms with Gasteiger partial charge in [0.15, 0.2) is 5.13 Å². The molecule has 0 aliphatic heterocycles. The first-order valence-electron chi connectivity index (χ1n) is 11.2. The van der Waals surface area contributed by atoms with Gasteiger partial charge in [-0.05, 0) is 49.4 Å². The maximum atomic E-state index is 12.6. The number of nitrogens with one attached hydrogen (secondary N) is 1. The summed E-state index contributed by atoms with van der Waals surface area (Å²) in [5.74, 6) is 0.799. The van der Waals surface area contributed by atoms with Crippen molar-refractivity contribution in [2.24, 2.45) is 0 Å². The highest BCUT2D eigenvalue weighted by Crippen LogP contribution is 2.30. The molecule has 0 radical (unpaired) electrons. The molecule has 0 fully saturated rings. The predicted octanol–water partition coefficient (Wildman–Crippen LogP) is 4.51. The number of carbonyl (C=O) groups is 1. The van der Waals surface area contributed by atoms with Gasteiger partial charge >= 0.3 is 0 Å². The topological polar surface area (TPSA) is 128 Å². The number of thioether (sulfide) groups is 1. The number of amides is 1. The Hall–Kier alpha value is -3.00. The third kappa shape index (κ3) is 5.86. The maximum absolute atomic E-state index is 12.6. The van der Waals surface area contributed by atoms with Gasteiger partial charge < -0.3 is 14.5 Å². The number of thiazole rings is 1. The van der Waals surface area contributed by atoms with Gasteiger partial charge in [-0.25, -0.2) is 13.4 Å². The van der Waals surface area contributed by atoms with Crippen LogP contribution in [0.5, 0.6) is 5.75 Å². The summed E-state index contributed by atoms with van der Waals surface area (Å²) in [7, 11) is -3.54. The van der Waals surface area contributed by atoms with Crippen LogP contribution in [0.4, 0.5) is 5.13 Å². The minimum atomic E-state index is -3.54. The summed E-state index contributed by atoms with van der Waals surface area (Å²) in [6.45, 7) is 6.88. The molecule has 13 heteroatoms. The van der Waals surface area contributed by atoms with Crippen molar-refractivity contribution in [3.63, 3.8) is 0 Å². The van der Waals surface area contributed by atoms with E-state index in [0.717, 1.165) is 27.7 Å². The molecule has 0 aliphatic carbocycles. The van der Waals surface area contributed by atoms with Gasteiger partial charge in [0.2, 0.25) is 21.8 Å². The molecule has 0 spiro atoms. The summed E-state index contributed by atoms with van der Waals surface area (Å²) in [5, 5.41) is 11.5. The van der Waals surface area contributed by atoms with Crippen molar-refractivity contribution in [2.75, 3.05) is 30.8 Å². The summed E-state index contributed by atoms with van der Waals surface area (Å²) in [4.78, 5) is 17.0. The molecule has 1 N–H and O–H groups in total. The molecule has 0 saturated carbocycles. The number of sulfonamides is 1. The third-order valence-corrected chi connectivity index (χ3v) is 8.91. The van der Waals surface area contributed by atoms with Crippen molar-refractivity contribution in [1.82, 2.24) is 19.5 Å². The first-order valence-corrected chi connectivity index (χ1v) is 14.5. The van der Waals surface area contributed by atoms with Crippen LogP contribution in [0.25, 0.3) is 21.7 Å². The molecule has 190 valence electrons. The summed E-state index contributed by atoms with van der Waals surface area (Å²) in [6, 6.07) is 11.9. The van der Waals surface area contributed by atoms with Crippen molar-refractivity contribution >= 4 is 54.4 Å². The number of aromatic nitrogens is 3. The van der Waals surface area contributed by atoms with Crippen LogP contribution in [0.2, 0.25) is 0 Å². The van der Waals surface area contributed by atoms with Crippen molar-refractivity contribution < 1.29 is 22.4 Å². The van der Waals surface area contributed by atoms with Gasteiger partial charge in [-0.1, -0.05) is 36.9 Å². The van der Waals surface area contributed by atoms with Crippen LogP contribution in [-0.4, -0.2) is 59.3 Å². The fourth-order valence-electron chi connectivity index (χ4n) is 3.36. The third-order valence-electron chi connectivity index (χ3n) is 5.09. The van der Waals surface area contributed by atoms with E-state index in [1.165, 1.54) is 27.8 Å². The van der Waals surface area contributed by atoms with Crippen LogP contribution < -0.4 is 10.1 Å². The second-order valence-corrected chi connectivity index (χ2v) is 11.3. The van der Waals surface area contributed by atoms with Crippen molar-refractivity contribution in [3.8, 4) is 17.2 Å². The Balaban J connectivity index is 1.35. The molecule has 2 heterocycles. The Morgan fingerprint density at radius 2 is 1.86 bits per heavy atom. The number of anilines is 1.